The Morgan fingerprint density at radius 3 is 3.00 bits per heavy atom. The number of rotatable bonds is 7. The number of hydrogen-bond donors (Lipinski definition) is 2. The van der Waals surface area contributed by atoms with Crippen molar-refractivity contribution in [3.05, 3.63) is 36.0 Å². The Kier molecular flexibility index (Phi) is 7.31. The summed E-state index contributed by atoms with van der Waals surface area (Å²) in [6.07, 6.45) is 8.15. The molecule has 0 bridgehead atoms. The van der Waals surface area contributed by atoms with E-state index in [0.717, 1.165) is 42.7 Å². The van der Waals surface area contributed by atoms with E-state index in [1.807, 2.05) is 12.2 Å². The number of thioether (sulfide) groups is 1. The minimum absolute atomic E-state index is 0.255. The van der Waals surface area contributed by atoms with Crippen molar-refractivity contribution in [3.8, 4) is 0 Å². The maximum Gasteiger partial charge on any atom is 0.154 e. The molecule has 0 aromatic carbocycles. The van der Waals surface area contributed by atoms with Gasteiger partial charge in [-0.25, -0.2) is 0 Å². The highest BCUT2D eigenvalue weighted by Gasteiger charge is 2.31. The number of aliphatic hydroxyl groups is 1. The summed E-state index contributed by atoms with van der Waals surface area (Å²) >= 11 is 1.60. The molecule has 0 aliphatic carbocycles. The Labute approximate surface area is 155 Å². The predicted molar refractivity (Wildman–Crippen MR) is 107 cm³/mol. The van der Waals surface area contributed by atoms with Gasteiger partial charge in [-0.05, 0) is 44.3 Å². The zero-order valence-electron chi connectivity index (χ0n) is 15.6. The van der Waals surface area contributed by atoms with Crippen LogP contribution >= 0.6 is 11.8 Å². The van der Waals surface area contributed by atoms with Crippen molar-refractivity contribution in [3.63, 3.8) is 0 Å². The summed E-state index contributed by atoms with van der Waals surface area (Å²) in [6, 6.07) is 0.255. The molecule has 1 saturated heterocycles. The van der Waals surface area contributed by atoms with Gasteiger partial charge in [0.05, 0.1) is 12.1 Å². The highest BCUT2D eigenvalue weighted by Crippen LogP contribution is 2.32. The minimum atomic E-state index is -0.660. The minimum Gasteiger partial charge on any atom is -0.383 e. The molecule has 25 heavy (non-hydrogen) atoms. The standard InChI is InChI=1S/C19H31N3O2S/c1-5-15(17(23)22-11-6-7-16(22)13-24-4)9-8-14(2)19(3)10-12-25-18(20)21-19/h5,8-9,16-17,23H,1,6-7,10-13H2,2-4H3,(H2,20,21)/b14-8+,15-9+. The number of hydrogen-bond acceptors (Lipinski definition) is 6. The third-order valence-electron chi connectivity index (χ3n) is 5.20. The first-order valence-corrected chi connectivity index (χ1v) is 9.82. The molecule has 140 valence electrons. The van der Waals surface area contributed by atoms with Crippen LogP contribution in [0.1, 0.15) is 33.1 Å². The van der Waals surface area contributed by atoms with E-state index in [4.69, 9.17) is 10.5 Å². The molecule has 0 aromatic rings. The van der Waals surface area contributed by atoms with Gasteiger partial charge in [-0.3, -0.25) is 9.89 Å². The number of aliphatic imine (C=N–C) groups is 1. The Morgan fingerprint density at radius 2 is 2.36 bits per heavy atom. The highest BCUT2D eigenvalue weighted by atomic mass is 32.2. The molecule has 2 rings (SSSR count). The summed E-state index contributed by atoms with van der Waals surface area (Å²) in [4.78, 5) is 6.71. The fraction of sp³-hybridized carbons (Fsp3) is 0.632. The third kappa shape index (κ3) is 4.97. The van der Waals surface area contributed by atoms with Crippen LogP contribution in [0.3, 0.4) is 0 Å². The maximum atomic E-state index is 10.8. The molecule has 1 fully saturated rings. The lowest BCUT2D eigenvalue weighted by Crippen LogP contribution is -2.42. The van der Waals surface area contributed by atoms with Gasteiger partial charge >= 0.3 is 0 Å². The van der Waals surface area contributed by atoms with Gasteiger partial charge in [0, 0.05) is 25.4 Å². The van der Waals surface area contributed by atoms with E-state index < -0.39 is 6.23 Å². The summed E-state index contributed by atoms with van der Waals surface area (Å²) in [5.41, 5.74) is 7.57. The molecule has 3 N–H and O–H groups in total. The zero-order chi connectivity index (χ0) is 18.4. The van der Waals surface area contributed by atoms with Gasteiger partial charge in [-0.1, -0.05) is 36.6 Å². The first-order chi connectivity index (χ1) is 11.9. The molecule has 6 heteroatoms. The van der Waals surface area contributed by atoms with Crippen LogP contribution in [-0.2, 0) is 4.74 Å². The quantitative estimate of drug-likeness (QED) is 0.679. The van der Waals surface area contributed by atoms with Gasteiger partial charge in [-0.2, -0.15) is 0 Å². The molecule has 2 aliphatic rings. The largest absolute Gasteiger partial charge is 0.383 e. The Hall–Kier alpha value is -1.08. The molecule has 0 spiro atoms. The number of nitrogens with zero attached hydrogens (tertiary/aromatic N) is 2. The van der Waals surface area contributed by atoms with Gasteiger partial charge in [0.1, 0.15) is 6.23 Å². The van der Waals surface area contributed by atoms with Crippen molar-refractivity contribution in [2.45, 2.75) is 50.9 Å². The Morgan fingerprint density at radius 1 is 1.60 bits per heavy atom. The molecule has 3 unspecified atom stereocenters. The molecule has 0 radical (unpaired) electrons. The fourth-order valence-electron chi connectivity index (χ4n) is 3.37. The van der Waals surface area contributed by atoms with Crippen LogP contribution in [0, 0.1) is 0 Å². The topological polar surface area (TPSA) is 71.1 Å². The van der Waals surface area contributed by atoms with E-state index in [-0.39, 0.29) is 11.6 Å². The average molecular weight is 366 g/mol. The van der Waals surface area contributed by atoms with Crippen LogP contribution in [0.15, 0.2) is 40.9 Å². The average Bonchev–Trinajstić information content (AvgIpc) is 3.03. The number of ether oxygens (including phenoxy) is 1. The van der Waals surface area contributed by atoms with Gasteiger partial charge in [0.2, 0.25) is 0 Å². The molecule has 2 aliphatic heterocycles. The van der Waals surface area contributed by atoms with Crippen LogP contribution in [0.5, 0.6) is 0 Å². The SMILES string of the molecule is C=C/C(=C\C=C(/C)C1(C)CCSC(N)=N1)C(O)N1CCCC1COC. The Balaban J connectivity index is 2.16. The number of nitrogens with two attached hydrogens (primary N) is 1. The predicted octanol–water partition coefficient (Wildman–Crippen LogP) is 2.68. The summed E-state index contributed by atoms with van der Waals surface area (Å²) in [5.74, 6) is 0.976. The fourth-order valence-corrected chi connectivity index (χ4v) is 4.35. The molecule has 0 aromatic heterocycles. The Bertz CT molecular complexity index is 573. The monoisotopic (exact) mass is 365 g/mol. The van der Waals surface area contributed by atoms with E-state index in [9.17, 15) is 5.11 Å². The molecule has 0 amide bonds. The molecule has 3 atom stereocenters. The van der Waals surface area contributed by atoms with Crippen LogP contribution in [0.2, 0.25) is 0 Å². The number of aliphatic hydroxyl groups excluding tert-OH is 1. The first-order valence-electron chi connectivity index (χ1n) is 8.83. The van der Waals surface area contributed by atoms with E-state index in [1.54, 1.807) is 24.9 Å². The third-order valence-corrected chi connectivity index (χ3v) is 6.00. The number of amidine groups is 1. The number of methoxy groups -OCH3 is 1. The van der Waals surface area contributed by atoms with Crippen molar-refractivity contribution in [1.82, 2.24) is 4.90 Å². The van der Waals surface area contributed by atoms with Crippen LogP contribution < -0.4 is 5.73 Å². The van der Waals surface area contributed by atoms with Crippen LogP contribution in [0.4, 0.5) is 0 Å². The molecule has 2 heterocycles. The number of allylic oxidation sites excluding steroid dienone is 2. The van der Waals surface area contributed by atoms with Crippen molar-refractivity contribution < 1.29 is 9.84 Å². The summed E-state index contributed by atoms with van der Waals surface area (Å²) in [7, 11) is 1.70. The van der Waals surface area contributed by atoms with E-state index >= 15 is 0 Å². The second-order valence-electron chi connectivity index (χ2n) is 6.91. The second-order valence-corrected chi connectivity index (χ2v) is 8.02. The van der Waals surface area contributed by atoms with Crippen molar-refractivity contribution in [1.29, 1.82) is 0 Å². The zero-order valence-corrected chi connectivity index (χ0v) is 16.4. The smallest absolute Gasteiger partial charge is 0.154 e. The van der Waals surface area contributed by atoms with E-state index in [2.05, 4.69) is 30.3 Å². The van der Waals surface area contributed by atoms with Gasteiger partial charge < -0.3 is 15.6 Å². The summed E-state index contributed by atoms with van der Waals surface area (Å²) in [5, 5.41) is 11.4. The van der Waals surface area contributed by atoms with Gasteiger partial charge in [0.25, 0.3) is 0 Å². The van der Waals surface area contributed by atoms with E-state index in [0.29, 0.717) is 11.8 Å². The second kappa shape index (κ2) is 9.03. The van der Waals surface area contributed by atoms with E-state index in [1.165, 1.54) is 0 Å². The van der Waals surface area contributed by atoms with Crippen molar-refractivity contribution in [2.75, 3.05) is 26.0 Å². The maximum absolute atomic E-state index is 10.8. The van der Waals surface area contributed by atoms with Crippen LogP contribution in [0.25, 0.3) is 0 Å². The van der Waals surface area contributed by atoms with Gasteiger partial charge in [-0.15, -0.1) is 0 Å². The van der Waals surface area contributed by atoms with Crippen LogP contribution in [-0.4, -0.2) is 59.0 Å². The molecular formula is C19H31N3O2S. The first kappa shape index (κ1) is 20.2. The highest BCUT2D eigenvalue weighted by molar-refractivity contribution is 8.13. The van der Waals surface area contributed by atoms with Crippen molar-refractivity contribution in [2.24, 2.45) is 10.7 Å². The van der Waals surface area contributed by atoms with Gasteiger partial charge in [0.15, 0.2) is 5.17 Å². The number of likely N-dealkylation sites (tertiary alicyclic amines) is 1. The lowest BCUT2D eigenvalue weighted by Gasteiger charge is -2.31. The lowest BCUT2D eigenvalue weighted by atomic mass is 9.90. The summed E-state index contributed by atoms with van der Waals surface area (Å²) < 4.78 is 5.28. The molecule has 5 nitrogen and oxygen atoms in total. The molecular weight excluding hydrogens is 334 g/mol. The summed E-state index contributed by atoms with van der Waals surface area (Å²) in [6.45, 7) is 9.57. The normalized spacial score (nSPS) is 30.2. The molecule has 0 saturated carbocycles. The lowest BCUT2D eigenvalue weighted by molar-refractivity contribution is 0.00172. The van der Waals surface area contributed by atoms with Crippen molar-refractivity contribution >= 4 is 16.9 Å².